The van der Waals surface area contributed by atoms with Crippen molar-refractivity contribution < 1.29 is 4.39 Å². The molecule has 1 aromatic heterocycles. The average Bonchev–Trinajstić information content (AvgIpc) is 2.42. The molecule has 0 aliphatic rings. The number of nitrogens with two attached hydrogens (primary N) is 1. The number of hydrogen-bond donors (Lipinski definition) is 2. The van der Waals surface area contributed by atoms with Crippen molar-refractivity contribution in [2.75, 3.05) is 11.1 Å². The highest BCUT2D eigenvalue weighted by molar-refractivity contribution is 6.31. The van der Waals surface area contributed by atoms with Gasteiger partial charge in [-0.1, -0.05) is 30.7 Å². The molecule has 22 heavy (non-hydrogen) atoms. The van der Waals surface area contributed by atoms with Crippen LogP contribution in [0.3, 0.4) is 0 Å². The van der Waals surface area contributed by atoms with Crippen molar-refractivity contribution in [3.8, 4) is 0 Å². The lowest BCUT2D eigenvalue weighted by Crippen LogP contribution is -2.26. The third-order valence-electron chi connectivity index (χ3n) is 3.16. The number of halogens is 2. The Kier molecular flexibility index (Phi) is 6.29. The Hall–Kier alpha value is -1.69. The van der Waals surface area contributed by atoms with Crippen LogP contribution in [0.1, 0.15) is 40.4 Å². The zero-order valence-corrected chi connectivity index (χ0v) is 14.3. The highest BCUT2D eigenvalue weighted by Crippen LogP contribution is 2.22. The molecule has 1 rings (SSSR count). The minimum absolute atomic E-state index is 0.00872. The van der Waals surface area contributed by atoms with Gasteiger partial charge in [-0.25, -0.2) is 4.39 Å². The second-order valence-corrected chi connectivity index (χ2v) is 6.07. The monoisotopic (exact) mass is 327 g/mol. The fraction of sp³-hybridized carbons (Fsp3) is 0.533. The van der Waals surface area contributed by atoms with Gasteiger partial charge in [0.15, 0.2) is 11.5 Å². The van der Waals surface area contributed by atoms with E-state index in [-0.39, 0.29) is 29.7 Å². The van der Waals surface area contributed by atoms with Crippen molar-refractivity contribution in [3.05, 3.63) is 29.1 Å². The van der Waals surface area contributed by atoms with Gasteiger partial charge in [-0.05, 0) is 39.7 Å². The number of hydrogen-bond acceptors (Lipinski definition) is 5. The molecule has 3 N–H and O–H groups in total. The summed E-state index contributed by atoms with van der Waals surface area (Å²) in [6.07, 6.45) is 5.62. The standard InChI is InChI=1S/C15H23ClFN5/c1-6-11(16)8-7-9(2)10(3)19-14-21-12(15(4,5)17)20-13(18)22-14/h6-10H,1-5H3,(H3,18,19,20,21,22)/b8-7-,11-6+. The lowest BCUT2D eigenvalue weighted by Gasteiger charge is -2.20. The summed E-state index contributed by atoms with van der Waals surface area (Å²) in [5, 5.41) is 3.79. The maximum absolute atomic E-state index is 14.0. The van der Waals surface area contributed by atoms with Crippen LogP contribution in [0.2, 0.25) is 0 Å². The molecule has 0 aliphatic heterocycles. The second-order valence-electron chi connectivity index (χ2n) is 5.64. The summed E-state index contributed by atoms with van der Waals surface area (Å²) in [5.74, 6) is 0.423. The van der Waals surface area contributed by atoms with Crippen LogP contribution in [0.4, 0.5) is 16.3 Å². The van der Waals surface area contributed by atoms with Crippen LogP contribution >= 0.6 is 11.6 Å². The van der Waals surface area contributed by atoms with Crippen LogP contribution in [-0.2, 0) is 5.67 Å². The van der Waals surface area contributed by atoms with Crippen molar-refractivity contribution in [2.45, 2.75) is 46.3 Å². The van der Waals surface area contributed by atoms with Crippen LogP contribution in [0.5, 0.6) is 0 Å². The fourth-order valence-electron chi connectivity index (χ4n) is 1.56. The molecule has 0 saturated carbocycles. The summed E-state index contributed by atoms with van der Waals surface area (Å²) in [6.45, 7) is 8.61. The molecule has 2 atom stereocenters. The average molecular weight is 328 g/mol. The number of aromatic nitrogens is 3. The van der Waals surface area contributed by atoms with Crippen molar-refractivity contribution in [1.82, 2.24) is 15.0 Å². The van der Waals surface area contributed by atoms with Crippen LogP contribution in [-0.4, -0.2) is 21.0 Å². The number of nitrogens with one attached hydrogen (secondary N) is 1. The third-order valence-corrected chi connectivity index (χ3v) is 3.51. The van der Waals surface area contributed by atoms with Gasteiger partial charge in [-0.2, -0.15) is 15.0 Å². The van der Waals surface area contributed by atoms with Gasteiger partial charge in [0.25, 0.3) is 0 Å². The van der Waals surface area contributed by atoms with Crippen molar-refractivity contribution >= 4 is 23.5 Å². The van der Waals surface area contributed by atoms with E-state index < -0.39 is 5.67 Å². The van der Waals surface area contributed by atoms with Gasteiger partial charge in [-0.15, -0.1) is 0 Å². The highest BCUT2D eigenvalue weighted by atomic mass is 35.5. The highest BCUT2D eigenvalue weighted by Gasteiger charge is 2.24. The molecule has 122 valence electrons. The van der Waals surface area contributed by atoms with E-state index in [2.05, 4.69) is 20.3 Å². The first-order valence-corrected chi connectivity index (χ1v) is 7.48. The maximum Gasteiger partial charge on any atom is 0.228 e. The number of allylic oxidation sites excluding steroid dienone is 3. The summed E-state index contributed by atoms with van der Waals surface area (Å²) >= 11 is 5.93. The van der Waals surface area contributed by atoms with E-state index in [1.165, 1.54) is 13.8 Å². The Labute approximate surface area is 135 Å². The van der Waals surface area contributed by atoms with Crippen molar-refractivity contribution in [1.29, 1.82) is 0 Å². The van der Waals surface area contributed by atoms with Gasteiger partial charge >= 0.3 is 0 Å². The van der Waals surface area contributed by atoms with Gasteiger partial charge in [0.05, 0.1) is 0 Å². The molecule has 1 heterocycles. The summed E-state index contributed by atoms with van der Waals surface area (Å²) in [6, 6.07) is 0.00921. The summed E-state index contributed by atoms with van der Waals surface area (Å²) in [5.41, 5.74) is 3.94. The predicted octanol–water partition coefficient (Wildman–Crippen LogP) is 3.79. The summed E-state index contributed by atoms with van der Waals surface area (Å²) < 4.78 is 14.0. The van der Waals surface area contributed by atoms with Crippen molar-refractivity contribution in [3.63, 3.8) is 0 Å². The van der Waals surface area contributed by atoms with Crippen LogP contribution < -0.4 is 11.1 Å². The van der Waals surface area contributed by atoms with Gasteiger partial charge in [0, 0.05) is 11.1 Å². The smallest absolute Gasteiger partial charge is 0.228 e. The van der Waals surface area contributed by atoms with E-state index in [9.17, 15) is 4.39 Å². The van der Waals surface area contributed by atoms with Gasteiger partial charge in [0.1, 0.15) is 0 Å². The first kappa shape index (κ1) is 18.4. The van der Waals surface area contributed by atoms with E-state index in [0.29, 0.717) is 5.03 Å². The number of nitrogens with zero attached hydrogens (tertiary/aromatic N) is 3. The topological polar surface area (TPSA) is 76.7 Å². The van der Waals surface area contributed by atoms with E-state index in [4.69, 9.17) is 17.3 Å². The van der Waals surface area contributed by atoms with E-state index in [1.807, 2.05) is 39.0 Å². The molecular weight excluding hydrogens is 305 g/mol. The Balaban J connectivity index is 2.86. The summed E-state index contributed by atoms with van der Waals surface area (Å²) in [4.78, 5) is 11.9. The number of alkyl halides is 1. The lowest BCUT2D eigenvalue weighted by atomic mass is 10.0. The molecule has 0 radical (unpaired) electrons. The molecule has 1 aromatic rings. The molecule has 7 heteroatoms. The molecular formula is C15H23ClFN5. The molecule has 0 bridgehead atoms. The van der Waals surface area contributed by atoms with Gasteiger partial charge < -0.3 is 11.1 Å². The molecule has 0 fully saturated rings. The Morgan fingerprint density at radius 3 is 2.50 bits per heavy atom. The van der Waals surface area contributed by atoms with E-state index in [0.717, 1.165) is 0 Å². The molecule has 0 aliphatic carbocycles. The van der Waals surface area contributed by atoms with Crippen LogP contribution in [0, 0.1) is 5.92 Å². The number of rotatable bonds is 6. The Morgan fingerprint density at radius 1 is 1.32 bits per heavy atom. The number of nitrogen functional groups attached to an aromatic ring is 1. The molecule has 2 unspecified atom stereocenters. The minimum atomic E-state index is -1.68. The molecule has 5 nitrogen and oxygen atoms in total. The minimum Gasteiger partial charge on any atom is -0.368 e. The molecule has 0 amide bonds. The second kappa shape index (κ2) is 7.54. The SMILES string of the molecule is C/C=C(Cl)\C=C/C(C)C(C)Nc1nc(N)nc(C(C)(C)F)n1. The quantitative estimate of drug-likeness (QED) is 0.777. The molecule has 0 spiro atoms. The Bertz CT molecular complexity index is 566. The first-order chi connectivity index (χ1) is 10.1. The van der Waals surface area contributed by atoms with Crippen LogP contribution in [0.15, 0.2) is 23.3 Å². The third kappa shape index (κ3) is 5.60. The normalized spacial score (nSPS) is 15.9. The predicted molar refractivity (Wildman–Crippen MR) is 89.4 cm³/mol. The lowest BCUT2D eigenvalue weighted by molar-refractivity contribution is 0.206. The van der Waals surface area contributed by atoms with Crippen LogP contribution in [0.25, 0.3) is 0 Å². The van der Waals surface area contributed by atoms with Gasteiger partial charge in [-0.3, -0.25) is 0 Å². The maximum atomic E-state index is 14.0. The van der Waals surface area contributed by atoms with E-state index >= 15 is 0 Å². The van der Waals surface area contributed by atoms with E-state index in [1.54, 1.807) is 0 Å². The fourth-order valence-corrected chi connectivity index (χ4v) is 1.64. The van der Waals surface area contributed by atoms with Crippen molar-refractivity contribution in [2.24, 2.45) is 5.92 Å². The molecule has 0 aromatic carbocycles. The zero-order chi connectivity index (χ0) is 16.9. The zero-order valence-electron chi connectivity index (χ0n) is 13.6. The van der Waals surface area contributed by atoms with Gasteiger partial charge in [0.2, 0.25) is 11.9 Å². The summed E-state index contributed by atoms with van der Waals surface area (Å²) in [7, 11) is 0. The first-order valence-electron chi connectivity index (χ1n) is 7.11. The Morgan fingerprint density at radius 2 is 1.95 bits per heavy atom. The molecule has 0 saturated heterocycles. The number of anilines is 2. The largest absolute Gasteiger partial charge is 0.368 e.